The third-order valence-corrected chi connectivity index (χ3v) is 4.09. The lowest BCUT2D eigenvalue weighted by atomic mass is 10.1. The van der Waals surface area contributed by atoms with Gasteiger partial charge in [0.05, 0.1) is 0 Å². The number of rotatable bonds is 4. The molecule has 5 heteroatoms. The van der Waals surface area contributed by atoms with E-state index in [2.05, 4.69) is 0 Å². The summed E-state index contributed by atoms with van der Waals surface area (Å²) in [6.07, 6.45) is 1.79. The van der Waals surface area contributed by atoms with Gasteiger partial charge in [0.1, 0.15) is 17.2 Å². The molecule has 0 aliphatic heterocycles. The Labute approximate surface area is 119 Å². The predicted octanol–water partition coefficient (Wildman–Crippen LogP) is 3.83. The van der Waals surface area contributed by atoms with E-state index in [0.29, 0.717) is 6.54 Å². The first-order chi connectivity index (χ1) is 9.66. The van der Waals surface area contributed by atoms with Crippen molar-refractivity contribution in [2.45, 2.75) is 25.4 Å². The van der Waals surface area contributed by atoms with Gasteiger partial charge in [-0.05, 0) is 47.4 Å². The summed E-state index contributed by atoms with van der Waals surface area (Å²) in [5, 5.41) is 3.87. The van der Waals surface area contributed by atoms with Gasteiger partial charge in [0.2, 0.25) is 0 Å². The Balaban J connectivity index is 1.89. The van der Waals surface area contributed by atoms with Gasteiger partial charge in [-0.3, -0.25) is 4.79 Å². The van der Waals surface area contributed by atoms with Crippen LogP contribution in [0.15, 0.2) is 35.0 Å². The maximum atomic E-state index is 13.7. The number of nitrogens with zero attached hydrogens (tertiary/aromatic N) is 1. The van der Waals surface area contributed by atoms with Crippen LogP contribution in [0, 0.1) is 11.6 Å². The first-order valence-electron chi connectivity index (χ1n) is 6.43. The quantitative estimate of drug-likeness (QED) is 0.839. The van der Waals surface area contributed by atoms with Crippen LogP contribution in [-0.2, 0) is 6.54 Å². The smallest absolute Gasteiger partial charge is 0.260 e. The van der Waals surface area contributed by atoms with Crippen LogP contribution >= 0.6 is 11.3 Å². The number of halogens is 2. The van der Waals surface area contributed by atoms with E-state index in [1.54, 1.807) is 16.2 Å². The van der Waals surface area contributed by atoms with E-state index in [9.17, 15) is 13.6 Å². The normalized spacial score (nSPS) is 14.3. The van der Waals surface area contributed by atoms with Gasteiger partial charge in [-0.25, -0.2) is 8.78 Å². The van der Waals surface area contributed by atoms with E-state index < -0.39 is 23.1 Å². The van der Waals surface area contributed by atoms with Crippen molar-refractivity contribution in [2.24, 2.45) is 0 Å². The molecular weight excluding hydrogens is 280 g/mol. The summed E-state index contributed by atoms with van der Waals surface area (Å²) < 4.78 is 27.5. The second-order valence-electron chi connectivity index (χ2n) is 4.89. The molecule has 1 aromatic carbocycles. The highest BCUT2D eigenvalue weighted by atomic mass is 32.1. The molecule has 1 saturated carbocycles. The molecule has 0 atom stereocenters. The van der Waals surface area contributed by atoms with Crippen molar-refractivity contribution in [1.29, 1.82) is 0 Å². The van der Waals surface area contributed by atoms with Crippen molar-refractivity contribution >= 4 is 17.2 Å². The van der Waals surface area contributed by atoms with Gasteiger partial charge in [0.25, 0.3) is 5.91 Å². The van der Waals surface area contributed by atoms with Crippen LogP contribution in [0.3, 0.4) is 0 Å². The van der Waals surface area contributed by atoms with E-state index in [1.807, 2.05) is 16.8 Å². The van der Waals surface area contributed by atoms with Gasteiger partial charge in [-0.2, -0.15) is 11.3 Å². The van der Waals surface area contributed by atoms with Crippen LogP contribution < -0.4 is 0 Å². The summed E-state index contributed by atoms with van der Waals surface area (Å²) in [6.45, 7) is 0.404. The van der Waals surface area contributed by atoms with Gasteiger partial charge in [-0.1, -0.05) is 6.07 Å². The summed E-state index contributed by atoms with van der Waals surface area (Å²) in [6, 6.07) is 5.52. The minimum Gasteiger partial charge on any atom is -0.331 e. The summed E-state index contributed by atoms with van der Waals surface area (Å²) in [5.74, 6) is -2.16. The van der Waals surface area contributed by atoms with E-state index in [1.165, 1.54) is 6.07 Å². The standard InChI is InChI=1S/C15H13F2NOS/c16-12-2-1-3-13(17)14(12)15(19)18(11-4-5-11)8-10-6-7-20-9-10/h1-3,6-7,9,11H,4-5,8H2. The molecule has 1 amide bonds. The SMILES string of the molecule is O=C(c1c(F)cccc1F)N(Cc1ccsc1)C1CC1. The van der Waals surface area contributed by atoms with Crippen molar-refractivity contribution in [2.75, 3.05) is 0 Å². The van der Waals surface area contributed by atoms with Gasteiger partial charge in [-0.15, -0.1) is 0 Å². The topological polar surface area (TPSA) is 20.3 Å². The molecule has 0 spiro atoms. The fraction of sp³-hybridized carbons (Fsp3) is 0.267. The second kappa shape index (κ2) is 5.32. The first kappa shape index (κ1) is 13.2. The molecule has 0 N–H and O–H groups in total. The maximum Gasteiger partial charge on any atom is 0.260 e. The minimum absolute atomic E-state index is 0.0985. The molecule has 1 aromatic heterocycles. The zero-order chi connectivity index (χ0) is 14.1. The molecule has 104 valence electrons. The Morgan fingerprint density at radius 2 is 1.95 bits per heavy atom. The van der Waals surface area contributed by atoms with Crippen molar-refractivity contribution < 1.29 is 13.6 Å². The molecule has 1 heterocycles. The highest BCUT2D eigenvalue weighted by molar-refractivity contribution is 7.07. The molecule has 0 unspecified atom stereocenters. The summed E-state index contributed by atoms with van der Waals surface area (Å²) in [4.78, 5) is 14.0. The van der Waals surface area contributed by atoms with Crippen molar-refractivity contribution in [3.05, 3.63) is 57.8 Å². The number of hydrogen-bond donors (Lipinski definition) is 0. The summed E-state index contributed by atoms with van der Waals surface area (Å²) >= 11 is 1.54. The molecular formula is C15H13F2NOS. The number of amides is 1. The number of benzene rings is 1. The molecule has 1 fully saturated rings. The average Bonchev–Trinajstić information content (AvgIpc) is 3.12. The van der Waals surface area contributed by atoms with Crippen LogP contribution in [0.25, 0.3) is 0 Å². The monoisotopic (exact) mass is 293 g/mol. The lowest BCUT2D eigenvalue weighted by molar-refractivity contribution is 0.0720. The predicted molar refractivity (Wildman–Crippen MR) is 73.6 cm³/mol. The Kier molecular flexibility index (Phi) is 3.53. The van der Waals surface area contributed by atoms with Gasteiger partial charge < -0.3 is 4.90 Å². The Morgan fingerprint density at radius 3 is 2.50 bits per heavy atom. The van der Waals surface area contributed by atoms with Crippen LogP contribution in [-0.4, -0.2) is 16.8 Å². The zero-order valence-electron chi connectivity index (χ0n) is 10.7. The van der Waals surface area contributed by atoms with E-state index >= 15 is 0 Å². The molecule has 20 heavy (non-hydrogen) atoms. The molecule has 1 aliphatic carbocycles. The van der Waals surface area contributed by atoms with Crippen LogP contribution in [0.2, 0.25) is 0 Å². The first-order valence-corrected chi connectivity index (χ1v) is 7.37. The van der Waals surface area contributed by atoms with Crippen LogP contribution in [0.5, 0.6) is 0 Å². The third-order valence-electron chi connectivity index (χ3n) is 3.36. The fourth-order valence-electron chi connectivity index (χ4n) is 2.18. The van der Waals surface area contributed by atoms with Crippen LogP contribution in [0.4, 0.5) is 8.78 Å². The van der Waals surface area contributed by atoms with Crippen LogP contribution in [0.1, 0.15) is 28.8 Å². The molecule has 1 aliphatic rings. The molecule has 2 nitrogen and oxygen atoms in total. The highest BCUT2D eigenvalue weighted by Crippen LogP contribution is 2.31. The molecule has 3 rings (SSSR count). The Morgan fingerprint density at radius 1 is 1.25 bits per heavy atom. The van der Waals surface area contributed by atoms with Crippen molar-refractivity contribution in [3.8, 4) is 0 Å². The average molecular weight is 293 g/mol. The summed E-state index contributed by atoms with van der Waals surface area (Å²) in [7, 11) is 0. The van der Waals surface area contributed by atoms with Crippen molar-refractivity contribution in [3.63, 3.8) is 0 Å². The lowest BCUT2D eigenvalue weighted by Crippen LogP contribution is -2.33. The molecule has 0 bridgehead atoms. The maximum absolute atomic E-state index is 13.7. The van der Waals surface area contributed by atoms with E-state index in [4.69, 9.17) is 0 Å². The number of carbonyl (C=O) groups is 1. The number of carbonyl (C=O) groups excluding carboxylic acids is 1. The van der Waals surface area contributed by atoms with Gasteiger partial charge in [0, 0.05) is 12.6 Å². The van der Waals surface area contributed by atoms with Gasteiger partial charge >= 0.3 is 0 Å². The number of thiophene rings is 1. The Hall–Kier alpha value is -1.75. The largest absolute Gasteiger partial charge is 0.331 e. The minimum atomic E-state index is -0.800. The zero-order valence-corrected chi connectivity index (χ0v) is 11.5. The van der Waals surface area contributed by atoms with E-state index in [-0.39, 0.29) is 6.04 Å². The fourth-order valence-corrected chi connectivity index (χ4v) is 2.84. The van der Waals surface area contributed by atoms with E-state index in [0.717, 1.165) is 30.5 Å². The lowest BCUT2D eigenvalue weighted by Gasteiger charge is -2.22. The molecule has 0 saturated heterocycles. The summed E-state index contributed by atoms with van der Waals surface area (Å²) in [5.41, 5.74) is 0.543. The number of hydrogen-bond acceptors (Lipinski definition) is 2. The van der Waals surface area contributed by atoms with Gasteiger partial charge in [0.15, 0.2) is 0 Å². The molecule has 2 aromatic rings. The Bertz CT molecular complexity index is 603. The molecule has 0 radical (unpaired) electrons. The second-order valence-corrected chi connectivity index (χ2v) is 5.67. The highest BCUT2D eigenvalue weighted by Gasteiger charge is 2.35. The third kappa shape index (κ3) is 2.58. The van der Waals surface area contributed by atoms with Crippen molar-refractivity contribution in [1.82, 2.24) is 4.90 Å².